The Morgan fingerprint density at radius 1 is 1.06 bits per heavy atom. The molecule has 2 heterocycles. The van der Waals surface area contributed by atoms with Gasteiger partial charge in [-0.15, -0.1) is 0 Å². The van der Waals surface area contributed by atoms with E-state index in [1.54, 1.807) is 12.5 Å². The van der Waals surface area contributed by atoms with E-state index in [1.807, 2.05) is 10.8 Å². The number of hydrazine groups is 1. The van der Waals surface area contributed by atoms with Crippen molar-refractivity contribution in [1.29, 1.82) is 0 Å². The third kappa shape index (κ3) is 5.47. The molecule has 31 heavy (non-hydrogen) atoms. The van der Waals surface area contributed by atoms with Gasteiger partial charge in [-0.1, -0.05) is 0 Å². The number of benzene rings is 1. The molecule has 0 atom stereocenters. The number of hydrogen-bond donors (Lipinski definition) is 3. The Morgan fingerprint density at radius 3 is 2.45 bits per heavy atom. The lowest BCUT2D eigenvalue weighted by atomic mass is 10.2. The summed E-state index contributed by atoms with van der Waals surface area (Å²) in [5.74, 6) is -0.872. The van der Waals surface area contributed by atoms with Crippen LogP contribution in [0.25, 0.3) is 0 Å². The molecule has 14 nitrogen and oxygen atoms in total. The molecule has 0 aliphatic heterocycles. The number of non-ortho nitro benzene ring substituents is 1. The lowest BCUT2D eigenvalue weighted by molar-refractivity contribution is -0.384. The van der Waals surface area contributed by atoms with Crippen molar-refractivity contribution in [3.8, 4) is 0 Å². The van der Waals surface area contributed by atoms with Crippen molar-refractivity contribution in [3.63, 3.8) is 0 Å². The highest BCUT2D eigenvalue weighted by atomic mass is 16.6. The third-order valence-corrected chi connectivity index (χ3v) is 4.08. The average molecular weight is 427 g/mol. The number of rotatable bonds is 10. The summed E-state index contributed by atoms with van der Waals surface area (Å²) in [6, 6.07) is 4.87. The number of nitrogens with one attached hydrogen (secondary N) is 3. The molecule has 1 aromatic carbocycles. The first-order valence-corrected chi connectivity index (χ1v) is 8.95. The number of carbonyl (C=O) groups is 1. The van der Waals surface area contributed by atoms with Crippen LogP contribution < -0.4 is 16.2 Å². The number of amides is 1. The number of nitrogens with zero attached hydrogens (tertiary/aromatic N) is 6. The minimum Gasteiger partial charge on any atom is -0.364 e. The van der Waals surface area contributed by atoms with Crippen molar-refractivity contribution in [2.75, 3.05) is 17.3 Å². The third-order valence-electron chi connectivity index (χ3n) is 4.08. The average Bonchev–Trinajstić information content (AvgIpc) is 3.28. The number of imidazole rings is 1. The van der Waals surface area contributed by atoms with Crippen molar-refractivity contribution in [2.24, 2.45) is 0 Å². The molecular formula is C17H17N9O5. The molecule has 0 bridgehead atoms. The standard InChI is InChI=1S/C17H17N9O5/c27-17(12-2-4-13(5-3-12)25(28)29)23-22-16-14(26(30)31)15(20-10-21-16)19-6-1-8-24-9-7-18-11-24/h2-5,7,9-11H,1,6,8H2,(H,23,27)(H2,19,20,21,22). The predicted molar refractivity (Wildman–Crippen MR) is 108 cm³/mol. The van der Waals surface area contributed by atoms with Gasteiger partial charge in [0.25, 0.3) is 11.6 Å². The summed E-state index contributed by atoms with van der Waals surface area (Å²) < 4.78 is 1.87. The molecule has 3 rings (SSSR count). The van der Waals surface area contributed by atoms with Gasteiger partial charge < -0.3 is 9.88 Å². The van der Waals surface area contributed by atoms with Gasteiger partial charge in [-0.3, -0.25) is 35.9 Å². The number of anilines is 2. The molecule has 0 saturated heterocycles. The van der Waals surface area contributed by atoms with Gasteiger partial charge in [0.2, 0.25) is 11.6 Å². The van der Waals surface area contributed by atoms with Crippen LogP contribution in [0.2, 0.25) is 0 Å². The van der Waals surface area contributed by atoms with Crippen LogP contribution in [0.4, 0.5) is 23.0 Å². The van der Waals surface area contributed by atoms with E-state index < -0.39 is 21.4 Å². The molecule has 14 heteroatoms. The zero-order chi connectivity index (χ0) is 22.2. The van der Waals surface area contributed by atoms with Gasteiger partial charge in [-0.2, -0.15) is 0 Å². The van der Waals surface area contributed by atoms with Gasteiger partial charge in [0.1, 0.15) is 6.33 Å². The first kappa shape index (κ1) is 21.1. The van der Waals surface area contributed by atoms with Crippen molar-refractivity contribution >= 4 is 28.9 Å². The Hall–Kier alpha value is -4.62. The largest absolute Gasteiger partial charge is 0.364 e. The number of nitro benzene ring substituents is 1. The van der Waals surface area contributed by atoms with E-state index in [9.17, 15) is 25.0 Å². The van der Waals surface area contributed by atoms with Crippen molar-refractivity contribution < 1.29 is 14.6 Å². The summed E-state index contributed by atoms with van der Waals surface area (Å²) in [6.07, 6.45) is 6.92. The Labute approximate surface area is 174 Å². The minimum absolute atomic E-state index is 0.00211. The van der Waals surface area contributed by atoms with Crippen molar-refractivity contribution in [1.82, 2.24) is 24.9 Å². The molecule has 1 amide bonds. The Morgan fingerprint density at radius 2 is 1.81 bits per heavy atom. The molecule has 160 valence electrons. The topological polar surface area (TPSA) is 183 Å². The Kier molecular flexibility index (Phi) is 6.62. The van der Waals surface area contributed by atoms with Crippen LogP contribution in [0, 0.1) is 20.2 Å². The molecule has 0 aliphatic carbocycles. The van der Waals surface area contributed by atoms with Crippen LogP contribution in [-0.4, -0.2) is 41.8 Å². The van der Waals surface area contributed by atoms with Gasteiger partial charge in [0.05, 0.1) is 16.2 Å². The quantitative estimate of drug-likeness (QED) is 0.245. The molecule has 0 aliphatic rings. The molecule has 0 radical (unpaired) electrons. The maximum Gasteiger partial charge on any atom is 0.354 e. The van der Waals surface area contributed by atoms with E-state index in [1.165, 1.54) is 24.3 Å². The maximum atomic E-state index is 12.2. The number of carbonyl (C=O) groups excluding carboxylic acids is 1. The first-order chi connectivity index (χ1) is 15.0. The van der Waals surface area contributed by atoms with E-state index in [4.69, 9.17) is 0 Å². The summed E-state index contributed by atoms with van der Waals surface area (Å²) in [4.78, 5) is 44.8. The summed E-state index contributed by atoms with van der Waals surface area (Å²) in [7, 11) is 0. The van der Waals surface area contributed by atoms with Crippen LogP contribution in [0.5, 0.6) is 0 Å². The second kappa shape index (κ2) is 9.73. The fraction of sp³-hybridized carbons (Fsp3) is 0.176. The first-order valence-electron chi connectivity index (χ1n) is 8.95. The molecule has 0 unspecified atom stereocenters. The van der Waals surface area contributed by atoms with E-state index in [0.29, 0.717) is 19.5 Å². The second-order valence-electron chi connectivity index (χ2n) is 6.14. The highest BCUT2D eigenvalue weighted by Gasteiger charge is 2.23. The molecule has 0 saturated carbocycles. The van der Waals surface area contributed by atoms with Gasteiger partial charge in [-0.05, 0) is 18.6 Å². The molecule has 3 aromatic rings. The normalized spacial score (nSPS) is 10.3. The number of hydrogen-bond acceptors (Lipinski definition) is 10. The fourth-order valence-electron chi connectivity index (χ4n) is 2.58. The van der Waals surface area contributed by atoms with Crippen molar-refractivity contribution in [2.45, 2.75) is 13.0 Å². The Balaban J connectivity index is 1.63. The van der Waals surface area contributed by atoms with E-state index in [-0.39, 0.29) is 22.9 Å². The van der Waals surface area contributed by atoms with E-state index >= 15 is 0 Å². The predicted octanol–water partition coefficient (Wildman–Crippen LogP) is 1.75. The van der Waals surface area contributed by atoms with Crippen LogP contribution in [-0.2, 0) is 6.54 Å². The summed E-state index contributed by atoms with van der Waals surface area (Å²) in [5, 5.41) is 25.1. The molecule has 2 aromatic heterocycles. The van der Waals surface area contributed by atoms with Gasteiger partial charge in [0.15, 0.2) is 0 Å². The van der Waals surface area contributed by atoms with Gasteiger partial charge in [0, 0.05) is 43.2 Å². The summed E-state index contributed by atoms with van der Waals surface area (Å²) in [5.41, 5.74) is 4.20. The van der Waals surface area contributed by atoms with Crippen LogP contribution in [0.15, 0.2) is 49.3 Å². The monoisotopic (exact) mass is 427 g/mol. The minimum atomic E-state index is -0.668. The molecule has 3 N–H and O–H groups in total. The molecule has 0 spiro atoms. The number of aromatic nitrogens is 4. The number of aryl methyl sites for hydroxylation is 1. The zero-order valence-electron chi connectivity index (χ0n) is 16.0. The van der Waals surface area contributed by atoms with Crippen LogP contribution in [0.3, 0.4) is 0 Å². The highest BCUT2D eigenvalue weighted by molar-refractivity contribution is 5.95. The van der Waals surface area contributed by atoms with Gasteiger partial charge >= 0.3 is 5.69 Å². The Bertz CT molecular complexity index is 1070. The van der Waals surface area contributed by atoms with E-state index in [0.717, 1.165) is 6.33 Å². The lowest BCUT2D eigenvalue weighted by Crippen LogP contribution is -2.30. The van der Waals surface area contributed by atoms with Gasteiger partial charge in [-0.25, -0.2) is 15.0 Å². The van der Waals surface area contributed by atoms with Crippen LogP contribution >= 0.6 is 0 Å². The van der Waals surface area contributed by atoms with E-state index in [2.05, 4.69) is 31.1 Å². The molecule has 0 fully saturated rings. The van der Waals surface area contributed by atoms with Crippen LogP contribution in [0.1, 0.15) is 16.8 Å². The zero-order valence-corrected chi connectivity index (χ0v) is 16.0. The fourth-order valence-corrected chi connectivity index (χ4v) is 2.58. The highest BCUT2D eigenvalue weighted by Crippen LogP contribution is 2.28. The number of nitro groups is 2. The maximum absolute atomic E-state index is 12.2. The van der Waals surface area contributed by atoms with Crippen molar-refractivity contribution in [3.05, 3.63) is 75.1 Å². The smallest absolute Gasteiger partial charge is 0.354 e. The second-order valence-corrected chi connectivity index (χ2v) is 6.14. The summed E-state index contributed by atoms with van der Waals surface area (Å²) in [6.45, 7) is 1.08. The summed E-state index contributed by atoms with van der Waals surface area (Å²) >= 11 is 0. The molecular weight excluding hydrogens is 410 g/mol. The SMILES string of the molecule is O=C(NNc1ncnc(NCCCn2ccnc2)c1[N+](=O)[O-])c1ccc([N+](=O)[O-])cc1. The lowest BCUT2D eigenvalue weighted by Gasteiger charge is -2.11.